The molecule has 2 fully saturated rings. The number of aliphatic hydroxyl groups is 1. The molecular weight excluding hydrogens is 356 g/mol. The summed E-state index contributed by atoms with van der Waals surface area (Å²) in [5, 5.41) is 10.1. The van der Waals surface area contributed by atoms with Crippen molar-refractivity contribution in [2.45, 2.75) is 30.3 Å². The molecule has 0 aromatic heterocycles. The minimum atomic E-state index is -3.49. The zero-order valence-corrected chi connectivity index (χ0v) is 15.9. The predicted molar refractivity (Wildman–Crippen MR) is 97.8 cm³/mol. The van der Waals surface area contributed by atoms with Gasteiger partial charge in [0.1, 0.15) is 18.5 Å². The summed E-state index contributed by atoms with van der Waals surface area (Å²) in [5.41, 5.74) is 0. The number of aliphatic hydroxyl groups excluding tert-OH is 1. The highest BCUT2D eigenvalue weighted by Crippen LogP contribution is 2.20. The number of morpholine rings is 1. The molecule has 2 aliphatic rings. The van der Waals surface area contributed by atoms with Crippen LogP contribution in [0, 0.1) is 0 Å². The predicted octanol–water partition coefficient (Wildman–Crippen LogP) is 0.933. The van der Waals surface area contributed by atoms with Crippen LogP contribution >= 0.6 is 0 Å². The van der Waals surface area contributed by atoms with Gasteiger partial charge in [-0.25, -0.2) is 8.42 Å². The lowest BCUT2D eigenvalue weighted by Crippen LogP contribution is -2.40. The van der Waals surface area contributed by atoms with Gasteiger partial charge in [-0.3, -0.25) is 0 Å². The van der Waals surface area contributed by atoms with Crippen LogP contribution in [0.2, 0.25) is 0 Å². The first-order chi connectivity index (χ1) is 12.6. The van der Waals surface area contributed by atoms with Gasteiger partial charge in [0.2, 0.25) is 10.0 Å². The molecule has 1 atom stereocenters. The second-order valence-corrected chi connectivity index (χ2v) is 8.75. The highest BCUT2D eigenvalue weighted by molar-refractivity contribution is 7.89. The molecule has 146 valence electrons. The van der Waals surface area contributed by atoms with E-state index < -0.39 is 16.1 Å². The molecule has 0 unspecified atom stereocenters. The Morgan fingerprint density at radius 3 is 2.35 bits per heavy atom. The molecule has 7 nitrogen and oxygen atoms in total. The first-order valence-corrected chi connectivity index (χ1v) is 10.7. The molecule has 0 bridgehead atoms. The Labute approximate surface area is 155 Å². The van der Waals surface area contributed by atoms with E-state index in [1.54, 1.807) is 24.3 Å². The summed E-state index contributed by atoms with van der Waals surface area (Å²) >= 11 is 0. The summed E-state index contributed by atoms with van der Waals surface area (Å²) in [4.78, 5) is 2.51. The number of benzene rings is 1. The minimum absolute atomic E-state index is 0.200. The van der Waals surface area contributed by atoms with E-state index in [0.717, 1.165) is 13.1 Å². The van der Waals surface area contributed by atoms with Gasteiger partial charge >= 0.3 is 0 Å². The average molecular weight is 384 g/mol. The van der Waals surface area contributed by atoms with Crippen LogP contribution in [-0.4, -0.2) is 81.4 Å². The standard InChI is InChI=1S/C18H28N2O5S/c21-16(14-19-8-2-1-3-9-19)15-25-17-4-6-18(7-5-17)26(22,23)20-10-12-24-13-11-20/h4-7,16,21H,1-3,8-15H2/t16-/m0/s1. The Morgan fingerprint density at radius 2 is 1.69 bits per heavy atom. The van der Waals surface area contributed by atoms with E-state index in [-0.39, 0.29) is 11.5 Å². The lowest BCUT2D eigenvalue weighted by atomic mass is 10.1. The van der Waals surface area contributed by atoms with Crippen molar-refractivity contribution < 1.29 is 23.0 Å². The molecule has 0 amide bonds. The number of sulfonamides is 1. The van der Waals surface area contributed by atoms with Gasteiger partial charge < -0.3 is 19.5 Å². The molecule has 26 heavy (non-hydrogen) atoms. The second kappa shape index (κ2) is 9.14. The van der Waals surface area contributed by atoms with Crippen LogP contribution in [-0.2, 0) is 14.8 Å². The summed E-state index contributed by atoms with van der Waals surface area (Å²) in [6.07, 6.45) is 3.09. The lowest BCUT2D eigenvalue weighted by molar-refractivity contribution is 0.0617. The molecule has 2 aliphatic heterocycles. The van der Waals surface area contributed by atoms with E-state index in [1.807, 2.05) is 0 Å². The molecule has 8 heteroatoms. The molecule has 1 aromatic carbocycles. The molecular formula is C18H28N2O5S. The molecule has 0 radical (unpaired) electrons. The molecule has 1 N–H and O–H groups in total. The Balaban J connectivity index is 1.50. The maximum absolute atomic E-state index is 12.6. The number of ether oxygens (including phenoxy) is 2. The normalized spacial score (nSPS) is 21.4. The van der Waals surface area contributed by atoms with Gasteiger partial charge in [-0.1, -0.05) is 6.42 Å². The Morgan fingerprint density at radius 1 is 1.04 bits per heavy atom. The Kier molecular flexibility index (Phi) is 6.88. The first kappa shape index (κ1) is 19.6. The van der Waals surface area contributed by atoms with Crippen LogP contribution in [0.3, 0.4) is 0 Å². The summed E-state index contributed by atoms with van der Waals surface area (Å²) in [5.74, 6) is 0.559. The van der Waals surface area contributed by atoms with E-state index in [2.05, 4.69) is 4.90 Å². The molecule has 0 spiro atoms. The Bertz CT molecular complexity index is 653. The van der Waals surface area contributed by atoms with Gasteiger partial charge in [0.05, 0.1) is 18.1 Å². The molecule has 0 aliphatic carbocycles. The van der Waals surface area contributed by atoms with Crippen molar-refractivity contribution in [3.8, 4) is 5.75 Å². The van der Waals surface area contributed by atoms with Crippen LogP contribution in [0.15, 0.2) is 29.2 Å². The van der Waals surface area contributed by atoms with Crippen molar-refractivity contribution in [3.05, 3.63) is 24.3 Å². The third kappa shape index (κ3) is 5.17. The molecule has 2 heterocycles. The smallest absolute Gasteiger partial charge is 0.243 e. The number of hydrogen-bond acceptors (Lipinski definition) is 6. The van der Waals surface area contributed by atoms with Gasteiger partial charge in [-0.15, -0.1) is 0 Å². The average Bonchev–Trinajstić information content (AvgIpc) is 2.68. The molecule has 2 saturated heterocycles. The van der Waals surface area contributed by atoms with Crippen molar-refractivity contribution in [2.24, 2.45) is 0 Å². The van der Waals surface area contributed by atoms with Gasteiger partial charge in [-0.05, 0) is 50.2 Å². The van der Waals surface area contributed by atoms with E-state index in [4.69, 9.17) is 9.47 Å². The van der Waals surface area contributed by atoms with Crippen LogP contribution in [0.25, 0.3) is 0 Å². The van der Waals surface area contributed by atoms with Crippen molar-refractivity contribution >= 4 is 10.0 Å². The Hall–Kier alpha value is -1.19. The third-order valence-electron chi connectivity index (χ3n) is 4.79. The fourth-order valence-corrected chi connectivity index (χ4v) is 4.74. The monoisotopic (exact) mass is 384 g/mol. The van der Waals surface area contributed by atoms with E-state index in [1.165, 1.54) is 23.6 Å². The fourth-order valence-electron chi connectivity index (χ4n) is 3.33. The van der Waals surface area contributed by atoms with Gasteiger partial charge in [0.25, 0.3) is 0 Å². The van der Waals surface area contributed by atoms with Crippen molar-refractivity contribution in [1.82, 2.24) is 9.21 Å². The van der Waals surface area contributed by atoms with Crippen LogP contribution in [0.1, 0.15) is 19.3 Å². The first-order valence-electron chi connectivity index (χ1n) is 9.27. The summed E-state index contributed by atoms with van der Waals surface area (Å²) in [6.45, 7) is 4.49. The zero-order chi connectivity index (χ0) is 18.4. The highest BCUT2D eigenvalue weighted by Gasteiger charge is 2.26. The maximum Gasteiger partial charge on any atom is 0.243 e. The van der Waals surface area contributed by atoms with Crippen molar-refractivity contribution in [3.63, 3.8) is 0 Å². The van der Waals surface area contributed by atoms with Crippen molar-refractivity contribution in [1.29, 1.82) is 0 Å². The van der Waals surface area contributed by atoms with Crippen LogP contribution in [0.5, 0.6) is 5.75 Å². The number of nitrogens with zero attached hydrogens (tertiary/aromatic N) is 2. The number of rotatable bonds is 7. The van der Waals surface area contributed by atoms with Crippen LogP contribution in [0.4, 0.5) is 0 Å². The highest BCUT2D eigenvalue weighted by atomic mass is 32.2. The van der Waals surface area contributed by atoms with E-state index in [0.29, 0.717) is 38.6 Å². The number of piperidine rings is 1. The maximum atomic E-state index is 12.6. The van der Waals surface area contributed by atoms with Gasteiger partial charge in [0.15, 0.2) is 0 Å². The number of hydrogen-bond donors (Lipinski definition) is 1. The fraction of sp³-hybridized carbons (Fsp3) is 0.667. The summed E-state index contributed by atoms with van der Waals surface area (Å²) in [7, 11) is -3.49. The molecule has 1 aromatic rings. The minimum Gasteiger partial charge on any atom is -0.491 e. The molecule has 0 saturated carbocycles. The van der Waals surface area contributed by atoms with Crippen LogP contribution < -0.4 is 4.74 Å². The lowest BCUT2D eigenvalue weighted by Gasteiger charge is -2.28. The van der Waals surface area contributed by atoms with Gasteiger partial charge in [-0.2, -0.15) is 4.31 Å². The summed E-state index contributed by atoms with van der Waals surface area (Å²) in [6, 6.07) is 6.39. The SMILES string of the molecule is O=S(=O)(c1ccc(OC[C@@H](O)CN2CCCCC2)cc1)N1CCOCC1. The largest absolute Gasteiger partial charge is 0.491 e. The van der Waals surface area contributed by atoms with Gasteiger partial charge in [0, 0.05) is 19.6 Å². The van der Waals surface area contributed by atoms with Crippen molar-refractivity contribution in [2.75, 3.05) is 52.5 Å². The molecule has 3 rings (SSSR count). The second-order valence-electron chi connectivity index (χ2n) is 6.81. The van der Waals surface area contributed by atoms with E-state index in [9.17, 15) is 13.5 Å². The third-order valence-corrected chi connectivity index (χ3v) is 6.70. The topological polar surface area (TPSA) is 79.3 Å². The zero-order valence-electron chi connectivity index (χ0n) is 15.0. The van der Waals surface area contributed by atoms with E-state index >= 15 is 0 Å². The number of β-amino-alcohol motifs (C(OH)–C–C–N with tert-alkyl or cyclic N) is 1. The number of likely N-dealkylation sites (tertiary alicyclic amines) is 1. The summed E-state index contributed by atoms with van der Waals surface area (Å²) < 4.78 is 37.4. The quantitative estimate of drug-likeness (QED) is 0.754.